The molecule has 1 aromatic heterocycles. The number of rotatable bonds is 7. The number of fused-ring (bicyclic) bond motifs is 1. The predicted octanol–water partition coefficient (Wildman–Crippen LogP) is 3.90. The van der Waals surface area contributed by atoms with Gasteiger partial charge in [-0.3, -0.25) is 9.36 Å². The molecule has 3 aromatic rings. The van der Waals surface area contributed by atoms with Crippen molar-refractivity contribution in [3.05, 3.63) is 90.1 Å². The van der Waals surface area contributed by atoms with E-state index in [4.69, 9.17) is 14.2 Å². The highest BCUT2D eigenvalue weighted by Crippen LogP contribution is 2.33. The topological polar surface area (TPSA) is 79.1 Å². The van der Waals surface area contributed by atoms with E-state index in [2.05, 4.69) is 4.99 Å². The molecule has 0 fully saturated rings. The van der Waals surface area contributed by atoms with Crippen LogP contribution < -0.4 is 24.4 Å². The number of thiazole rings is 1. The summed E-state index contributed by atoms with van der Waals surface area (Å²) in [5.74, 6) is 0.682. The van der Waals surface area contributed by atoms with Crippen LogP contribution in [0.3, 0.4) is 0 Å². The summed E-state index contributed by atoms with van der Waals surface area (Å²) in [7, 11) is 1.58. The standard InChI is InChI=1S/C28H30N2O5S/c1-7-34-27(32)23-18(5)29-28-30(24(23)19-13-11-17(4)12-14-19)26(31)22(36-28)15-20-9-8-10-21(33-6)25(20)35-16(2)3/h8-16,24H,7H2,1-6H3/b22-15-/t24-/m0/s1. The first-order valence-corrected chi connectivity index (χ1v) is 12.7. The Labute approximate surface area is 214 Å². The molecule has 0 saturated carbocycles. The largest absolute Gasteiger partial charge is 0.493 e. The van der Waals surface area contributed by atoms with Crippen LogP contribution in [0.1, 0.15) is 50.4 Å². The molecule has 8 heteroatoms. The highest BCUT2D eigenvalue weighted by Gasteiger charge is 2.33. The number of hydrogen-bond donors (Lipinski definition) is 0. The fraction of sp³-hybridized carbons (Fsp3) is 0.321. The SMILES string of the molecule is CCOC(=O)C1=C(C)N=c2s/c(=C\c3cccc(OC)c3OC(C)C)c(=O)n2[C@H]1c1ccc(C)cc1. The molecule has 1 atom stereocenters. The molecule has 0 radical (unpaired) electrons. The van der Waals surface area contributed by atoms with E-state index < -0.39 is 12.0 Å². The minimum absolute atomic E-state index is 0.0778. The van der Waals surface area contributed by atoms with Gasteiger partial charge in [-0.05, 0) is 52.3 Å². The van der Waals surface area contributed by atoms with Crippen LogP contribution >= 0.6 is 11.3 Å². The number of carbonyl (C=O) groups excluding carboxylic acids is 1. The summed E-state index contributed by atoms with van der Waals surface area (Å²) in [6, 6.07) is 12.7. The first-order valence-electron chi connectivity index (χ1n) is 11.8. The molecule has 4 rings (SSSR count). The summed E-state index contributed by atoms with van der Waals surface area (Å²) in [5.41, 5.74) is 3.29. The molecule has 7 nitrogen and oxygen atoms in total. The molecule has 1 aliphatic rings. The molecular weight excluding hydrogens is 476 g/mol. The third-order valence-corrected chi connectivity index (χ3v) is 6.76. The zero-order valence-electron chi connectivity index (χ0n) is 21.3. The molecule has 0 N–H and O–H groups in total. The van der Waals surface area contributed by atoms with Gasteiger partial charge < -0.3 is 14.2 Å². The zero-order valence-corrected chi connectivity index (χ0v) is 22.1. The van der Waals surface area contributed by atoms with Crippen molar-refractivity contribution in [1.29, 1.82) is 0 Å². The molecule has 0 spiro atoms. The van der Waals surface area contributed by atoms with Crippen molar-refractivity contribution in [2.75, 3.05) is 13.7 Å². The van der Waals surface area contributed by atoms with Gasteiger partial charge in [-0.15, -0.1) is 0 Å². The van der Waals surface area contributed by atoms with Crippen molar-refractivity contribution in [3.63, 3.8) is 0 Å². The second-order valence-corrected chi connectivity index (χ2v) is 9.77. The number of carbonyl (C=O) groups is 1. The van der Waals surface area contributed by atoms with E-state index in [0.717, 1.165) is 16.7 Å². The number of aromatic nitrogens is 1. The van der Waals surface area contributed by atoms with Crippen molar-refractivity contribution >= 4 is 23.4 Å². The fourth-order valence-electron chi connectivity index (χ4n) is 4.17. The van der Waals surface area contributed by atoms with E-state index in [1.54, 1.807) is 31.6 Å². The smallest absolute Gasteiger partial charge is 0.338 e. The number of benzene rings is 2. The zero-order chi connectivity index (χ0) is 26.0. The Bertz CT molecular complexity index is 1500. The molecule has 0 amide bonds. The minimum atomic E-state index is -0.639. The Morgan fingerprint density at radius 3 is 2.53 bits per heavy atom. The first-order chi connectivity index (χ1) is 17.2. The van der Waals surface area contributed by atoms with E-state index in [-0.39, 0.29) is 18.3 Å². The summed E-state index contributed by atoms with van der Waals surface area (Å²) in [6.07, 6.45) is 1.71. The van der Waals surface area contributed by atoms with E-state index in [1.807, 2.05) is 63.2 Å². The van der Waals surface area contributed by atoms with Gasteiger partial charge in [0, 0.05) is 5.56 Å². The fourth-order valence-corrected chi connectivity index (χ4v) is 5.20. The molecule has 0 bridgehead atoms. The maximum Gasteiger partial charge on any atom is 0.338 e. The maximum absolute atomic E-state index is 13.8. The number of aryl methyl sites for hydroxylation is 1. The first kappa shape index (κ1) is 25.4. The Hall–Kier alpha value is -3.65. The molecule has 0 saturated heterocycles. The third kappa shape index (κ3) is 4.86. The Morgan fingerprint density at radius 1 is 1.17 bits per heavy atom. The van der Waals surface area contributed by atoms with Crippen LogP contribution in [0.4, 0.5) is 0 Å². The summed E-state index contributed by atoms with van der Waals surface area (Å²) in [4.78, 5) is 32.0. The Kier molecular flexibility index (Phi) is 7.45. The van der Waals surface area contributed by atoms with E-state index >= 15 is 0 Å². The van der Waals surface area contributed by atoms with Crippen LogP contribution in [0, 0.1) is 6.92 Å². The predicted molar refractivity (Wildman–Crippen MR) is 140 cm³/mol. The molecule has 2 heterocycles. The number of para-hydroxylation sites is 1. The van der Waals surface area contributed by atoms with Gasteiger partial charge in [-0.1, -0.05) is 53.3 Å². The van der Waals surface area contributed by atoms with Gasteiger partial charge >= 0.3 is 5.97 Å². The minimum Gasteiger partial charge on any atom is -0.493 e. The number of ether oxygens (including phenoxy) is 3. The highest BCUT2D eigenvalue weighted by atomic mass is 32.1. The summed E-state index contributed by atoms with van der Waals surface area (Å²) >= 11 is 1.28. The van der Waals surface area contributed by atoms with Crippen LogP contribution in [0.25, 0.3) is 6.08 Å². The van der Waals surface area contributed by atoms with Crippen LogP contribution in [0.15, 0.2) is 63.5 Å². The molecule has 36 heavy (non-hydrogen) atoms. The normalized spacial score (nSPS) is 15.5. The van der Waals surface area contributed by atoms with Gasteiger partial charge in [0.1, 0.15) is 0 Å². The Morgan fingerprint density at radius 2 is 1.89 bits per heavy atom. The van der Waals surface area contributed by atoms with Crippen molar-refractivity contribution < 1.29 is 19.0 Å². The molecule has 1 aliphatic heterocycles. The number of esters is 1. The van der Waals surface area contributed by atoms with Gasteiger partial charge in [-0.2, -0.15) is 0 Å². The quantitative estimate of drug-likeness (QED) is 0.454. The lowest BCUT2D eigenvalue weighted by Gasteiger charge is -2.24. The lowest BCUT2D eigenvalue weighted by molar-refractivity contribution is -0.139. The van der Waals surface area contributed by atoms with Crippen LogP contribution in [-0.4, -0.2) is 30.4 Å². The van der Waals surface area contributed by atoms with Crippen LogP contribution in [-0.2, 0) is 9.53 Å². The third-order valence-electron chi connectivity index (χ3n) is 5.78. The lowest BCUT2D eigenvalue weighted by atomic mass is 9.95. The van der Waals surface area contributed by atoms with Crippen molar-refractivity contribution in [1.82, 2.24) is 4.57 Å². The second-order valence-electron chi connectivity index (χ2n) is 8.76. The second kappa shape index (κ2) is 10.5. The van der Waals surface area contributed by atoms with E-state index in [1.165, 1.54) is 11.3 Å². The van der Waals surface area contributed by atoms with Gasteiger partial charge in [-0.25, -0.2) is 9.79 Å². The van der Waals surface area contributed by atoms with Gasteiger partial charge in [0.05, 0.1) is 41.7 Å². The van der Waals surface area contributed by atoms with Crippen LogP contribution in [0.5, 0.6) is 11.5 Å². The summed E-state index contributed by atoms with van der Waals surface area (Å²) < 4.78 is 18.9. The average Bonchev–Trinajstić information content (AvgIpc) is 3.14. The monoisotopic (exact) mass is 506 g/mol. The Balaban J connectivity index is 1.95. The molecular formula is C28H30N2O5S. The highest BCUT2D eigenvalue weighted by molar-refractivity contribution is 7.07. The number of allylic oxidation sites excluding steroid dienone is 1. The summed E-state index contributed by atoms with van der Waals surface area (Å²) in [6.45, 7) is 9.63. The van der Waals surface area contributed by atoms with Crippen molar-refractivity contribution in [3.8, 4) is 11.5 Å². The van der Waals surface area contributed by atoms with Gasteiger partial charge in [0.2, 0.25) is 0 Å². The number of nitrogens with zero attached hydrogens (tertiary/aromatic N) is 2. The number of methoxy groups -OCH3 is 1. The maximum atomic E-state index is 13.8. The number of hydrogen-bond acceptors (Lipinski definition) is 7. The van der Waals surface area contributed by atoms with Gasteiger partial charge in [0.25, 0.3) is 5.56 Å². The average molecular weight is 507 g/mol. The van der Waals surface area contributed by atoms with Crippen molar-refractivity contribution in [2.45, 2.75) is 46.8 Å². The molecule has 0 unspecified atom stereocenters. The molecule has 188 valence electrons. The van der Waals surface area contributed by atoms with Gasteiger partial charge in [0.15, 0.2) is 16.3 Å². The van der Waals surface area contributed by atoms with E-state index in [0.29, 0.717) is 32.1 Å². The summed E-state index contributed by atoms with van der Waals surface area (Å²) in [5, 5.41) is 0. The molecule has 2 aromatic carbocycles. The van der Waals surface area contributed by atoms with Crippen LogP contribution in [0.2, 0.25) is 0 Å². The van der Waals surface area contributed by atoms with Crippen molar-refractivity contribution in [2.24, 2.45) is 4.99 Å². The van der Waals surface area contributed by atoms with E-state index in [9.17, 15) is 9.59 Å². The molecule has 0 aliphatic carbocycles. The lowest BCUT2D eigenvalue weighted by Crippen LogP contribution is -2.39.